The van der Waals surface area contributed by atoms with E-state index >= 15 is 0 Å². The minimum atomic E-state index is 0.989. The van der Waals surface area contributed by atoms with Crippen LogP contribution in [0.3, 0.4) is 0 Å². The summed E-state index contributed by atoms with van der Waals surface area (Å²) >= 11 is 0. The molecular weight excluding hydrogens is 210 g/mol. The second-order valence-corrected chi connectivity index (χ2v) is 5.37. The van der Waals surface area contributed by atoms with Crippen LogP contribution in [0.4, 0.5) is 5.82 Å². The molecule has 2 aliphatic rings. The number of aromatic nitrogens is 2. The first kappa shape index (κ1) is 11.0. The van der Waals surface area contributed by atoms with Gasteiger partial charge in [0.2, 0.25) is 0 Å². The fourth-order valence-electron chi connectivity index (χ4n) is 2.65. The summed E-state index contributed by atoms with van der Waals surface area (Å²) in [6, 6.07) is 0. The number of hydrogen-bond acceptors (Lipinski definition) is 3. The molecule has 2 aliphatic carbocycles. The van der Waals surface area contributed by atoms with Gasteiger partial charge >= 0.3 is 0 Å². The molecule has 1 heterocycles. The molecule has 0 bridgehead atoms. The highest BCUT2D eigenvalue weighted by Gasteiger charge is 2.20. The summed E-state index contributed by atoms with van der Waals surface area (Å²) in [7, 11) is 0. The van der Waals surface area contributed by atoms with Gasteiger partial charge < -0.3 is 5.32 Å². The molecule has 0 aliphatic heterocycles. The number of rotatable bonds is 4. The minimum absolute atomic E-state index is 0.989. The predicted molar refractivity (Wildman–Crippen MR) is 69.1 cm³/mol. The molecule has 0 atom stereocenters. The van der Waals surface area contributed by atoms with E-state index in [1.54, 1.807) is 6.33 Å². The van der Waals surface area contributed by atoms with Crippen LogP contribution in [-0.4, -0.2) is 16.5 Å². The third-order valence-electron chi connectivity index (χ3n) is 3.92. The van der Waals surface area contributed by atoms with Crippen molar-refractivity contribution in [2.24, 2.45) is 5.92 Å². The van der Waals surface area contributed by atoms with Gasteiger partial charge in [-0.2, -0.15) is 0 Å². The van der Waals surface area contributed by atoms with Crippen LogP contribution < -0.4 is 5.32 Å². The Hall–Kier alpha value is -1.12. The quantitative estimate of drug-likeness (QED) is 0.810. The highest BCUT2D eigenvalue weighted by Crippen LogP contribution is 2.32. The van der Waals surface area contributed by atoms with E-state index in [4.69, 9.17) is 0 Å². The molecule has 3 heteroatoms. The van der Waals surface area contributed by atoms with Crippen molar-refractivity contribution in [2.45, 2.75) is 51.4 Å². The lowest BCUT2D eigenvalue weighted by Crippen LogP contribution is -2.09. The number of nitrogens with zero attached hydrogens (tertiary/aromatic N) is 2. The Morgan fingerprint density at radius 3 is 2.88 bits per heavy atom. The Labute approximate surface area is 103 Å². The molecule has 92 valence electrons. The lowest BCUT2D eigenvalue weighted by Gasteiger charge is -2.12. The molecule has 17 heavy (non-hydrogen) atoms. The molecule has 3 rings (SSSR count). The summed E-state index contributed by atoms with van der Waals surface area (Å²) in [6.07, 6.45) is 12.1. The van der Waals surface area contributed by atoms with Crippen molar-refractivity contribution >= 4 is 5.82 Å². The molecule has 0 amide bonds. The molecule has 1 N–H and O–H groups in total. The molecule has 0 unspecified atom stereocenters. The van der Waals surface area contributed by atoms with Crippen molar-refractivity contribution in [3.05, 3.63) is 17.6 Å². The Morgan fingerprint density at radius 1 is 1.12 bits per heavy atom. The van der Waals surface area contributed by atoms with E-state index in [0.717, 1.165) is 31.1 Å². The second-order valence-electron chi connectivity index (χ2n) is 5.37. The van der Waals surface area contributed by atoms with Crippen LogP contribution in [-0.2, 0) is 12.8 Å². The van der Waals surface area contributed by atoms with Crippen LogP contribution in [0, 0.1) is 5.92 Å². The first-order valence-electron chi connectivity index (χ1n) is 7.00. The summed E-state index contributed by atoms with van der Waals surface area (Å²) in [4.78, 5) is 8.87. The van der Waals surface area contributed by atoms with E-state index in [9.17, 15) is 0 Å². The minimum Gasteiger partial charge on any atom is -0.370 e. The lowest BCUT2D eigenvalue weighted by atomic mass is 10.1. The maximum absolute atomic E-state index is 4.44. The van der Waals surface area contributed by atoms with Crippen LogP contribution in [0.1, 0.15) is 49.8 Å². The third-order valence-corrected chi connectivity index (χ3v) is 3.92. The van der Waals surface area contributed by atoms with Gasteiger partial charge in [-0.25, -0.2) is 9.97 Å². The SMILES string of the molecule is c1nc2c(c(NCCC3CC3)n1)CCCCC2. The first-order valence-corrected chi connectivity index (χ1v) is 7.00. The summed E-state index contributed by atoms with van der Waals surface area (Å²) in [5.41, 5.74) is 2.67. The van der Waals surface area contributed by atoms with Crippen LogP contribution in [0.2, 0.25) is 0 Å². The second kappa shape index (κ2) is 5.03. The number of hydrogen-bond donors (Lipinski definition) is 1. The molecule has 0 spiro atoms. The van der Waals surface area contributed by atoms with Crippen LogP contribution in [0.5, 0.6) is 0 Å². The molecule has 0 aromatic carbocycles. The van der Waals surface area contributed by atoms with Crippen LogP contribution in [0.15, 0.2) is 6.33 Å². The standard InChI is InChI=1S/C14H21N3/c1-2-4-12-13(5-3-1)16-10-17-14(12)15-9-8-11-6-7-11/h10-11H,1-9H2,(H,15,16,17). The van der Waals surface area contributed by atoms with Gasteiger partial charge in [-0.1, -0.05) is 19.3 Å². The Balaban J connectivity index is 1.68. The maximum Gasteiger partial charge on any atom is 0.132 e. The van der Waals surface area contributed by atoms with E-state index in [-0.39, 0.29) is 0 Å². The highest BCUT2D eigenvalue weighted by molar-refractivity contribution is 5.46. The van der Waals surface area contributed by atoms with Crippen molar-refractivity contribution < 1.29 is 0 Å². The summed E-state index contributed by atoms with van der Waals surface area (Å²) < 4.78 is 0. The number of nitrogens with one attached hydrogen (secondary N) is 1. The Morgan fingerprint density at radius 2 is 2.00 bits per heavy atom. The van der Waals surface area contributed by atoms with Crippen molar-refractivity contribution in [2.75, 3.05) is 11.9 Å². The lowest BCUT2D eigenvalue weighted by molar-refractivity contribution is 0.708. The third kappa shape index (κ3) is 2.76. The zero-order chi connectivity index (χ0) is 11.5. The summed E-state index contributed by atoms with van der Waals surface area (Å²) in [6.45, 7) is 1.08. The van der Waals surface area contributed by atoms with E-state index in [1.807, 2.05) is 0 Å². The smallest absolute Gasteiger partial charge is 0.132 e. The predicted octanol–water partition coefficient (Wildman–Crippen LogP) is 2.96. The molecule has 0 radical (unpaired) electrons. The zero-order valence-electron chi connectivity index (χ0n) is 10.4. The maximum atomic E-state index is 4.44. The molecule has 3 nitrogen and oxygen atoms in total. The van der Waals surface area contributed by atoms with Crippen LogP contribution in [0.25, 0.3) is 0 Å². The van der Waals surface area contributed by atoms with Gasteiger partial charge in [-0.3, -0.25) is 0 Å². The highest BCUT2D eigenvalue weighted by atomic mass is 15.0. The van der Waals surface area contributed by atoms with Gasteiger partial charge in [0.15, 0.2) is 0 Å². The number of anilines is 1. The summed E-state index contributed by atoms with van der Waals surface area (Å²) in [5, 5.41) is 3.52. The van der Waals surface area contributed by atoms with Crippen molar-refractivity contribution in [1.82, 2.24) is 9.97 Å². The number of fused-ring (bicyclic) bond motifs is 1. The first-order chi connectivity index (χ1) is 8.43. The van der Waals surface area contributed by atoms with E-state index in [0.29, 0.717) is 0 Å². The zero-order valence-corrected chi connectivity index (χ0v) is 10.4. The van der Waals surface area contributed by atoms with Crippen molar-refractivity contribution in [3.63, 3.8) is 0 Å². The molecule has 1 fully saturated rings. The monoisotopic (exact) mass is 231 g/mol. The van der Waals surface area contributed by atoms with Crippen molar-refractivity contribution in [1.29, 1.82) is 0 Å². The topological polar surface area (TPSA) is 37.8 Å². The average molecular weight is 231 g/mol. The average Bonchev–Trinajstić information content (AvgIpc) is 3.14. The van der Waals surface area contributed by atoms with Gasteiger partial charge in [-0.05, 0) is 38.0 Å². The Bertz CT molecular complexity index is 385. The summed E-state index contributed by atoms with van der Waals surface area (Å²) in [5.74, 6) is 2.10. The number of aryl methyl sites for hydroxylation is 1. The van der Waals surface area contributed by atoms with Crippen LogP contribution >= 0.6 is 0 Å². The van der Waals surface area contributed by atoms with E-state index in [1.165, 1.54) is 49.8 Å². The molecule has 1 saturated carbocycles. The van der Waals surface area contributed by atoms with Gasteiger partial charge in [0.25, 0.3) is 0 Å². The Kier molecular flexibility index (Phi) is 3.25. The van der Waals surface area contributed by atoms with Crippen molar-refractivity contribution in [3.8, 4) is 0 Å². The van der Waals surface area contributed by atoms with Gasteiger partial charge in [0, 0.05) is 17.8 Å². The van der Waals surface area contributed by atoms with Gasteiger partial charge in [-0.15, -0.1) is 0 Å². The van der Waals surface area contributed by atoms with Gasteiger partial charge in [0.1, 0.15) is 12.1 Å². The largest absolute Gasteiger partial charge is 0.370 e. The molecular formula is C14H21N3. The normalized spacial score (nSPS) is 19.5. The van der Waals surface area contributed by atoms with E-state index < -0.39 is 0 Å². The molecule has 1 aromatic rings. The van der Waals surface area contributed by atoms with E-state index in [2.05, 4.69) is 15.3 Å². The fourth-order valence-corrected chi connectivity index (χ4v) is 2.65. The molecule has 0 saturated heterocycles. The fraction of sp³-hybridized carbons (Fsp3) is 0.714. The molecule has 1 aromatic heterocycles. The van der Waals surface area contributed by atoms with Gasteiger partial charge in [0.05, 0.1) is 0 Å².